The molecule has 1 aliphatic heterocycles. The Kier molecular flexibility index (Phi) is 7.93. The highest BCUT2D eigenvalue weighted by atomic mass is 28.3. The van der Waals surface area contributed by atoms with Crippen LogP contribution in [0.15, 0.2) is 24.4 Å². The number of aromatic nitrogens is 2. The average molecular weight is 474 g/mol. The van der Waals surface area contributed by atoms with E-state index in [0.717, 1.165) is 24.7 Å². The molecule has 9 nitrogen and oxygen atoms in total. The number of anilines is 2. The zero-order chi connectivity index (χ0) is 24.2. The van der Waals surface area contributed by atoms with Crippen molar-refractivity contribution < 1.29 is 19.4 Å². The number of imidazole rings is 1. The van der Waals surface area contributed by atoms with Crippen LogP contribution in [0.1, 0.15) is 38.1 Å². The number of benzene rings is 1. The van der Waals surface area contributed by atoms with E-state index >= 15 is 0 Å². The number of fused-ring (bicyclic) bond motifs is 4. The quantitative estimate of drug-likeness (QED) is 0.355. The lowest BCUT2D eigenvalue weighted by Gasteiger charge is -2.18. The molecule has 2 atom stereocenters. The van der Waals surface area contributed by atoms with E-state index in [1.54, 1.807) is 18.2 Å². The molecule has 0 spiro atoms. The number of amides is 2. The fourth-order valence-corrected chi connectivity index (χ4v) is 4.49. The van der Waals surface area contributed by atoms with Crippen molar-refractivity contribution in [3.05, 3.63) is 30.2 Å². The average Bonchev–Trinajstić information content (AvgIpc) is 3.13. The molecule has 2 heterocycles. The van der Waals surface area contributed by atoms with Gasteiger partial charge in [0.25, 0.3) is 0 Å². The Morgan fingerprint density at radius 2 is 2.12 bits per heavy atom. The number of nitrogens with two attached hydrogens (primary N) is 1. The van der Waals surface area contributed by atoms with Gasteiger partial charge in [0.2, 0.25) is 5.91 Å². The van der Waals surface area contributed by atoms with Crippen molar-refractivity contribution in [2.24, 2.45) is 11.7 Å². The van der Waals surface area contributed by atoms with Gasteiger partial charge in [0.05, 0.1) is 17.4 Å². The first kappa shape index (κ1) is 24.9. The number of nitrogens with one attached hydrogen (secondary N) is 2. The molecule has 2 amide bonds. The molecule has 1 aromatic heterocycles. The van der Waals surface area contributed by atoms with Crippen molar-refractivity contribution in [1.82, 2.24) is 9.55 Å². The molecule has 180 valence electrons. The van der Waals surface area contributed by atoms with E-state index in [9.17, 15) is 9.59 Å². The molecule has 10 heteroatoms. The van der Waals surface area contributed by atoms with Gasteiger partial charge in [-0.2, -0.15) is 0 Å². The van der Waals surface area contributed by atoms with E-state index in [-0.39, 0.29) is 17.9 Å². The monoisotopic (exact) mass is 473 g/mol. The number of carbonyl (C=O) groups is 2. The topological polar surface area (TPSA) is 132 Å². The Hall–Kier alpha value is -2.69. The third-order valence-electron chi connectivity index (χ3n) is 5.77. The van der Waals surface area contributed by atoms with Crippen LogP contribution in [0.4, 0.5) is 16.2 Å². The molecule has 0 radical (unpaired) electrons. The van der Waals surface area contributed by atoms with E-state index in [4.69, 9.17) is 20.6 Å². The molecular formula is C23H35N5O4Si. The maximum absolute atomic E-state index is 12.8. The van der Waals surface area contributed by atoms with Gasteiger partial charge >= 0.3 is 6.09 Å². The summed E-state index contributed by atoms with van der Waals surface area (Å²) < 4.78 is 7.91. The highest BCUT2D eigenvalue weighted by Crippen LogP contribution is 2.33. The molecule has 3 rings (SSSR count). The predicted octanol–water partition coefficient (Wildman–Crippen LogP) is 4.71. The van der Waals surface area contributed by atoms with E-state index in [2.05, 4.69) is 30.3 Å². The number of rotatable bonds is 6. The lowest BCUT2D eigenvalue weighted by molar-refractivity contribution is -0.119. The van der Waals surface area contributed by atoms with Gasteiger partial charge in [-0.1, -0.05) is 33.0 Å². The van der Waals surface area contributed by atoms with Crippen LogP contribution in [-0.4, -0.2) is 41.3 Å². The SMILES string of the molecule is C[C@@H]1CCC[C@H](N)c2nc(cn2COCC[Si](C)(C)C)-c2ccc(NC(=O)O)cc2NC1=O. The van der Waals surface area contributed by atoms with Crippen LogP contribution < -0.4 is 16.4 Å². The first-order valence-corrected chi connectivity index (χ1v) is 15.1. The lowest BCUT2D eigenvalue weighted by atomic mass is 9.99. The molecule has 0 saturated heterocycles. The summed E-state index contributed by atoms with van der Waals surface area (Å²) in [6.07, 6.45) is 2.93. The van der Waals surface area contributed by atoms with Crippen LogP contribution in [0.3, 0.4) is 0 Å². The first-order chi connectivity index (χ1) is 15.5. The Morgan fingerprint density at radius 3 is 2.82 bits per heavy atom. The zero-order valence-electron chi connectivity index (χ0n) is 19.9. The zero-order valence-corrected chi connectivity index (χ0v) is 20.9. The number of hydrogen-bond donors (Lipinski definition) is 4. The Bertz CT molecular complexity index is 1000. The molecule has 33 heavy (non-hydrogen) atoms. The highest BCUT2D eigenvalue weighted by molar-refractivity contribution is 6.76. The second-order valence-corrected chi connectivity index (χ2v) is 15.5. The number of nitrogens with zero attached hydrogens (tertiary/aromatic N) is 2. The van der Waals surface area contributed by atoms with Gasteiger partial charge in [-0.25, -0.2) is 9.78 Å². The summed E-state index contributed by atoms with van der Waals surface area (Å²) in [7, 11) is -1.19. The summed E-state index contributed by atoms with van der Waals surface area (Å²) in [6, 6.07) is 5.82. The van der Waals surface area contributed by atoms with Gasteiger partial charge in [0, 0.05) is 38.0 Å². The molecule has 0 saturated carbocycles. The normalized spacial score (nSPS) is 19.1. The van der Waals surface area contributed by atoms with Crippen LogP contribution in [0.5, 0.6) is 0 Å². The summed E-state index contributed by atoms with van der Waals surface area (Å²) in [4.78, 5) is 28.7. The summed E-state index contributed by atoms with van der Waals surface area (Å²) in [5, 5.41) is 14.4. The van der Waals surface area contributed by atoms with Gasteiger partial charge in [0.15, 0.2) is 0 Å². The fourth-order valence-electron chi connectivity index (χ4n) is 3.73. The Balaban J connectivity index is 1.97. The van der Waals surface area contributed by atoms with Crippen molar-refractivity contribution >= 4 is 31.4 Å². The van der Waals surface area contributed by atoms with Crippen molar-refractivity contribution in [3.63, 3.8) is 0 Å². The molecule has 5 N–H and O–H groups in total. The molecule has 2 aromatic rings. The summed E-state index contributed by atoms with van der Waals surface area (Å²) >= 11 is 0. The van der Waals surface area contributed by atoms with Crippen LogP contribution in [0.25, 0.3) is 11.3 Å². The molecule has 0 unspecified atom stereocenters. The van der Waals surface area contributed by atoms with Crippen molar-refractivity contribution in [2.45, 2.75) is 64.6 Å². The molecule has 1 aromatic carbocycles. The van der Waals surface area contributed by atoms with Crippen molar-refractivity contribution in [2.75, 3.05) is 17.2 Å². The maximum Gasteiger partial charge on any atom is 0.409 e. The molecule has 2 bridgehead atoms. The number of ether oxygens (including phenoxy) is 1. The number of carbonyl (C=O) groups excluding carboxylic acids is 1. The summed E-state index contributed by atoms with van der Waals surface area (Å²) in [5.41, 5.74) is 8.73. The standard InChI is InChI=1S/C23H35N5O4Si/c1-15-6-5-7-18(24)21-26-20(13-28(21)14-32-10-11-33(2,3)4)17-9-8-16(25-23(30)31)12-19(17)27-22(15)29/h8-9,12-13,15,18,25H,5-7,10-11,14,24H2,1-4H3,(H,27,29)(H,30,31)/t15-,18+/m1/s1. The molecule has 0 aliphatic carbocycles. The minimum Gasteiger partial charge on any atom is -0.465 e. The van der Waals surface area contributed by atoms with Crippen molar-refractivity contribution in [3.8, 4) is 11.3 Å². The third kappa shape index (κ3) is 6.89. The number of hydrogen-bond acceptors (Lipinski definition) is 5. The third-order valence-corrected chi connectivity index (χ3v) is 7.47. The van der Waals surface area contributed by atoms with Crippen LogP contribution in [0.2, 0.25) is 25.7 Å². The maximum atomic E-state index is 12.8. The predicted molar refractivity (Wildman–Crippen MR) is 132 cm³/mol. The van der Waals surface area contributed by atoms with Gasteiger partial charge in [-0.3, -0.25) is 10.1 Å². The van der Waals surface area contributed by atoms with Crippen LogP contribution >= 0.6 is 0 Å². The number of carboxylic acid groups (broad SMARTS) is 1. The second-order valence-electron chi connectivity index (χ2n) is 9.92. The van der Waals surface area contributed by atoms with E-state index < -0.39 is 14.2 Å². The first-order valence-electron chi connectivity index (χ1n) is 11.4. The van der Waals surface area contributed by atoms with Gasteiger partial charge in [0.1, 0.15) is 12.6 Å². The molecular weight excluding hydrogens is 438 g/mol. The highest BCUT2D eigenvalue weighted by Gasteiger charge is 2.23. The van der Waals surface area contributed by atoms with E-state index in [1.165, 1.54) is 0 Å². The Morgan fingerprint density at radius 1 is 1.36 bits per heavy atom. The summed E-state index contributed by atoms with van der Waals surface area (Å²) in [5.74, 6) is 0.429. The fraction of sp³-hybridized carbons (Fsp3) is 0.522. The van der Waals surface area contributed by atoms with Gasteiger partial charge in [-0.15, -0.1) is 0 Å². The Labute approximate surface area is 195 Å². The van der Waals surface area contributed by atoms with E-state index in [0.29, 0.717) is 42.4 Å². The minimum absolute atomic E-state index is 0.118. The largest absolute Gasteiger partial charge is 0.465 e. The van der Waals surface area contributed by atoms with Crippen molar-refractivity contribution in [1.29, 1.82) is 0 Å². The molecule has 1 aliphatic rings. The van der Waals surface area contributed by atoms with Gasteiger partial charge in [-0.05, 0) is 37.1 Å². The smallest absolute Gasteiger partial charge is 0.409 e. The summed E-state index contributed by atoms with van der Waals surface area (Å²) in [6.45, 7) is 9.87. The molecule has 0 fully saturated rings. The van der Waals surface area contributed by atoms with Crippen LogP contribution in [0, 0.1) is 5.92 Å². The van der Waals surface area contributed by atoms with E-state index in [1.807, 2.05) is 17.7 Å². The second kappa shape index (κ2) is 10.5. The van der Waals surface area contributed by atoms with Gasteiger partial charge < -0.3 is 25.5 Å². The lowest BCUT2D eigenvalue weighted by Crippen LogP contribution is -2.23. The van der Waals surface area contributed by atoms with Crippen LogP contribution in [-0.2, 0) is 16.3 Å². The minimum atomic E-state index is -1.19.